The smallest absolute Gasteiger partial charge is 0.716 e. The van der Waals surface area contributed by atoms with Crippen LogP contribution in [0.5, 0.6) is 0 Å². The molecule has 0 fully saturated rings. The number of carbonyl (C=O) groups is 4. The Morgan fingerprint density at radius 1 is 0.355 bits per heavy atom. The maximum absolute atomic E-state index is 12.0. The fraction of sp³-hybridized carbons (Fsp3) is 0.909. The third-order valence-corrected chi connectivity index (χ3v) is 10.9. The van der Waals surface area contributed by atoms with Gasteiger partial charge in [0.1, 0.15) is 12.2 Å². The van der Waals surface area contributed by atoms with Gasteiger partial charge in [0, 0.05) is 0 Å². The van der Waals surface area contributed by atoms with Gasteiger partial charge < -0.3 is 26.9 Å². The van der Waals surface area contributed by atoms with Gasteiger partial charge in [-0.25, -0.2) is 16.8 Å². The second-order valence-corrected chi connectivity index (χ2v) is 17.9. The zero-order chi connectivity index (χ0) is 45.3. The summed E-state index contributed by atoms with van der Waals surface area (Å²) < 4.78 is 80.8. The van der Waals surface area contributed by atoms with Gasteiger partial charge >= 0.3 is 83.0 Å². The Morgan fingerprint density at radius 3 is 0.758 bits per heavy atom. The molecule has 356 valence electrons. The summed E-state index contributed by atoms with van der Waals surface area (Å²) in [6, 6.07) is 0. The Morgan fingerprint density at radius 2 is 0.548 bits per heavy atom. The Labute approximate surface area is 421 Å². The molecule has 0 aromatic heterocycles. The van der Waals surface area contributed by atoms with Crippen molar-refractivity contribution in [2.75, 3.05) is 0 Å². The molecule has 0 radical (unpaired) electrons. The van der Waals surface area contributed by atoms with Gasteiger partial charge in [0.15, 0.2) is 0 Å². The second kappa shape index (κ2) is 47.2. The Balaban J connectivity index is -0.000000526. The molecule has 0 aromatic rings. The van der Waals surface area contributed by atoms with Crippen LogP contribution < -0.4 is 59.1 Å². The average molecular weight is 945 g/mol. The SMILES string of the molecule is CCCCCCCCCC(CCCCCCCC)OC(=O)CCC(=O)OS(=O)(=O)[O-].CCCCCCCCCC(CCCCCCCC)OC(=O)CCC(=O)OS(=O)(=O)[O-].[Na+].[Na+]. The normalized spacial score (nSPS) is 12.1. The zero-order valence-electron chi connectivity index (χ0n) is 39.7. The van der Waals surface area contributed by atoms with E-state index in [1.807, 2.05) is 0 Å². The van der Waals surface area contributed by atoms with Crippen molar-refractivity contribution >= 4 is 44.7 Å². The first-order valence-electron chi connectivity index (χ1n) is 23.3. The van der Waals surface area contributed by atoms with Gasteiger partial charge in [-0.15, -0.1) is 0 Å². The quantitative estimate of drug-likeness (QED) is 0.0255. The Hall–Kier alpha value is -0.300. The van der Waals surface area contributed by atoms with Crippen molar-refractivity contribution in [2.45, 2.75) is 258 Å². The molecule has 14 nitrogen and oxygen atoms in total. The zero-order valence-corrected chi connectivity index (χ0v) is 45.4. The number of esters is 2. The van der Waals surface area contributed by atoms with E-state index in [4.69, 9.17) is 9.47 Å². The van der Waals surface area contributed by atoms with E-state index in [9.17, 15) is 45.1 Å². The molecule has 0 saturated carbocycles. The predicted octanol–water partition coefficient (Wildman–Crippen LogP) is 5.15. The van der Waals surface area contributed by atoms with Crippen LogP contribution in [0.3, 0.4) is 0 Å². The van der Waals surface area contributed by atoms with Crippen LogP contribution >= 0.6 is 0 Å². The molecule has 0 aromatic carbocycles. The first-order chi connectivity index (χ1) is 28.6. The third kappa shape index (κ3) is 54.0. The molecular formula is C44H82Na2O14S2. The van der Waals surface area contributed by atoms with Crippen LogP contribution in [0.25, 0.3) is 0 Å². The molecule has 18 heteroatoms. The summed E-state index contributed by atoms with van der Waals surface area (Å²) in [5, 5.41) is 0. The number of ether oxygens (including phenoxy) is 2. The van der Waals surface area contributed by atoms with Crippen LogP contribution in [0.15, 0.2) is 0 Å². The molecule has 0 N–H and O–H groups in total. The maximum Gasteiger partial charge on any atom is 1.00 e. The van der Waals surface area contributed by atoms with Crippen LogP contribution in [0.1, 0.15) is 246 Å². The predicted molar refractivity (Wildman–Crippen MR) is 231 cm³/mol. The first kappa shape index (κ1) is 68.3. The van der Waals surface area contributed by atoms with Crippen molar-refractivity contribution in [3.05, 3.63) is 0 Å². The topological polar surface area (TPSA) is 220 Å². The molecule has 0 heterocycles. The third-order valence-electron chi connectivity index (χ3n) is 10.1. The summed E-state index contributed by atoms with van der Waals surface area (Å²) in [6.07, 6.45) is 31.8. The van der Waals surface area contributed by atoms with E-state index in [1.165, 1.54) is 116 Å². The van der Waals surface area contributed by atoms with E-state index >= 15 is 0 Å². The van der Waals surface area contributed by atoms with Gasteiger partial charge in [-0.2, -0.15) is 0 Å². The fourth-order valence-corrected chi connectivity index (χ4v) is 7.32. The Kier molecular flexibility index (Phi) is 52.0. The van der Waals surface area contributed by atoms with E-state index in [0.717, 1.165) is 77.0 Å². The van der Waals surface area contributed by atoms with Gasteiger partial charge in [-0.1, -0.05) is 169 Å². The average Bonchev–Trinajstić information content (AvgIpc) is 3.17. The van der Waals surface area contributed by atoms with Gasteiger partial charge in [-0.3, -0.25) is 19.2 Å². The molecule has 0 spiro atoms. The Bertz CT molecular complexity index is 1200. The molecule has 0 rings (SSSR count). The van der Waals surface area contributed by atoms with Crippen molar-refractivity contribution in [3.63, 3.8) is 0 Å². The molecule has 0 amide bonds. The van der Waals surface area contributed by atoms with Crippen molar-refractivity contribution in [3.8, 4) is 0 Å². The maximum atomic E-state index is 12.0. The molecule has 0 aliphatic rings. The van der Waals surface area contributed by atoms with E-state index < -0.39 is 57.5 Å². The van der Waals surface area contributed by atoms with Gasteiger partial charge in [0.05, 0.1) is 25.7 Å². The number of hydrogen-bond acceptors (Lipinski definition) is 14. The van der Waals surface area contributed by atoms with Crippen LogP contribution in [0.4, 0.5) is 0 Å². The number of unbranched alkanes of at least 4 members (excludes halogenated alkanes) is 22. The van der Waals surface area contributed by atoms with E-state index in [2.05, 4.69) is 36.1 Å². The van der Waals surface area contributed by atoms with Crippen molar-refractivity contribution in [2.24, 2.45) is 0 Å². The minimum absolute atomic E-state index is 0. The van der Waals surface area contributed by atoms with Crippen LogP contribution in [-0.2, 0) is 57.8 Å². The summed E-state index contributed by atoms with van der Waals surface area (Å²) in [5.74, 6) is -3.59. The standard InChI is InChI=1S/2C22H42O7S.2Na/c2*1-3-5-7-9-11-13-15-17-20(16-14-12-10-8-6-4-2)28-21(23)18-19-22(24)29-30(25,26)27;;/h2*20H,3-19H2,1-2H3,(H,25,26,27);;/q;;2*+1/p-2. The summed E-state index contributed by atoms with van der Waals surface area (Å²) in [4.78, 5) is 46.6. The molecule has 0 bridgehead atoms. The monoisotopic (exact) mass is 944 g/mol. The van der Waals surface area contributed by atoms with Crippen LogP contribution in [0, 0.1) is 0 Å². The van der Waals surface area contributed by atoms with Crippen LogP contribution in [-0.4, -0.2) is 62.0 Å². The molecule has 2 unspecified atom stereocenters. The minimum Gasteiger partial charge on any atom is -0.716 e. The molecular weight excluding hydrogens is 863 g/mol. The summed E-state index contributed by atoms with van der Waals surface area (Å²) in [5.41, 5.74) is 0. The van der Waals surface area contributed by atoms with Crippen molar-refractivity contribution in [1.82, 2.24) is 0 Å². The van der Waals surface area contributed by atoms with Crippen molar-refractivity contribution in [1.29, 1.82) is 0 Å². The fourth-order valence-electron chi connectivity index (χ4n) is 6.70. The summed E-state index contributed by atoms with van der Waals surface area (Å²) in [6.45, 7) is 8.75. The number of carbonyl (C=O) groups excluding carboxylic acids is 4. The molecule has 0 saturated heterocycles. The number of hydrogen-bond donors (Lipinski definition) is 0. The molecule has 0 aliphatic heterocycles. The van der Waals surface area contributed by atoms with E-state index in [-0.39, 0.29) is 84.2 Å². The first-order valence-corrected chi connectivity index (χ1v) is 26.0. The minimum atomic E-state index is -5.09. The van der Waals surface area contributed by atoms with E-state index in [0.29, 0.717) is 0 Å². The van der Waals surface area contributed by atoms with Gasteiger partial charge in [-0.05, 0) is 51.4 Å². The van der Waals surface area contributed by atoms with Gasteiger partial charge in [0.25, 0.3) is 20.8 Å². The van der Waals surface area contributed by atoms with Crippen LogP contribution in [0.2, 0.25) is 0 Å². The largest absolute Gasteiger partial charge is 1.00 e. The van der Waals surface area contributed by atoms with E-state index in [1.54, 1.807) is 0 Å². The summed E-state index contributed by atoms with van der Waals surface area (Å²) >= 11 is 0. The number of rotatable bonds is 40. The molecule has 0 aliphatic carbocycles. The summed E-state index contributed by atoms with van der Waals surface area (Å²) in [7, 11) is -10.2. The molecule has 2 atom stereocenters. The second-order valence-electron chi connectivity index (χ2n) is 15.9. The molecule has 62 heavy (non-hydrogen) atoms. The van der Waals surface area contributed by atoms with Crippen molar-refractivity contribution < 1.29 is 122 Å². The van der Waals surface area contributed by atoms with Gasteiger partial charge in [0.2, 0.25) is 0 Å².